The topological polar surface area (TPSA) is 67.8 Å². The summed E-state index contributed by atoms with van der Waals surface area (Å²) in [5, 5.41) is 11.9. The van der Waals surface area contributed by atoms with Gasteiger partial charge in [-0.25, -0.2) is 4.79 Å². The van der Waals surface area contributed by atoms with Gasteiger partial charge in [0.25, 0.3) is 0 Å². The first-order valence-corrected chi connectivity index (χ1v) is 7.75. The lowest BCUT2D eigenvalue weighted by Crippen LogP contribution is -2.32. The number of carbonyl (C=O) groups excluding carboxylic acids is 1. The number of rotatable bonds is 8. The van der Waals surface area contributed by atoms with Gasteiger partial charge < -0.3 is 19.9 Å². The number of unbranched alkanes of at least 4 members (excludes halogenated alkanes) is 3. The van der Waals surface area contributed by atoms with E-state index in [1.54, 1.807) is 24.3 Å². The van der Waals surface area contributed by atoms with Gasteiger partial charge >= 0.3 is 6.09 Å². The zero-order chi connectivity index (χ0) is 16.4. The Morgan fingerprint density at radius 1 is 1.09 bits per heavy atom. The number of phenols is 1. The van der Waals surface area contributed by atoms with Crippen molar-refractivity contribution in [1.82, 2.24) is 5.32 Å². The van der Waals surface area contributed by atoms with Crippen molar-refractivity contribution in [3.8, 4) is 11.5 Å². The first-order chi connectivity index (χ1) is 10.4. The predicted molar refractivity (Wildman–Crippen MR) is 86.3 cm³/mol. The number of aromatic hydroxyl groups is 1. The molecule has 5 heteroatoms. The number of carbonyl (C=O) groups is 1. The Kier molecular flexibility index (Phi) is 7.57. The average Bonchev–Trinajstić information content (AvgIpc) is 2.42. The van der Waals surface area contributed by atoms with Crippen molar-refractivity contribution in [1.29, 1.82) is 0 Å². The third-order valence-corrected chi connectivity index (χ3v) is 2.84. The lowest BCUT2D eigenvalue weighted by molar-refractivity contribution is 0.0527. The van der Waals surface area contributed by atoms with E-state index in [1.165, 1.54) is 0 Å². The monoisotopic (exact) mass is 309 g/mol. The minimum absolute atomic E-state index is 0.241. The van der Waals surface area contributed by atoms with E-state index in [0.29, 0.717) is 13.2 Å². The largest absolute Gasteiger partial charge is 0.508 e. The van der Waals surface area contributed by atoms with E-state index >= 15 is 0 Å². The molecule has 0 atom stereocenters. The molecule has 5 nitrogen and oxygen atoms in total. The molecule has 0 radical (unpaired) electrons. The number of hydrogen-bond donors (Lipinski definition) is 2. The summed E-state index contributed by atoms with van der Waals surface area (Å²) in [6.45, 7) is 6.83. The molecule has 0 aromatic heterocycles. The number of alkyl carbamates (subject to hydrolysis) is 1. The number of phenolic OH excluding ortho intramolecular Hbond substituents is 1. The van der Waals surface area contributed by atoms with Crippen molar-refractivity contribution in [3.05, 3.63) is 24.3 Å². The molecular formula is C17H27NO4. The van der Waals surface area contributed by atoms with Gasteiger partial charge in [0.15, 0.2) is 0 Å². The summed E-state index contributed by atoms with van der Waals surface area (Å²) in [5.41, 5.74) is -0.449. The van der Waals surface area contributed by atoms with Crippen molar-refractivity contribution < 1.29 is 19.4 Å². The molecule has 0 aliphatic heterocycles. The third-order valence-electron chi connectivity index (χ3n) is 2.84. The Bertz CT molecular complexity index is 437. The molecule has 0 aliphatic rings. The molecule has 0 aliphatic carbocycles. The molecular weight excluding hydrogens is 282 g/mol. The third kappa shape index (κ3) is 9.10. The highest BCUT2D eigenvalue weighted by Gasteiger charge is 2.15. The van der Waals surface area contributed by atoms with E-state index < -0.39 is 5.60 Å². The maximum Gasteiger partial charge on any atom is 0.407 e. The lowest BCUT2D eigenvalue weighted by atomic mass is 10.2. The molecule has 1 aromatic rings. The fourth-order valence-electron chi connectivity index (χ4n) is 1.82. The van der Waals surface area contributed by atoms with Gasteiger partial charge in [0.05, 0.1) is 6.61 Å². The highest BCUT2D eigenvalue weighted by Crippen LogP contribution is 2.16. The summed E-state index contributed by atoms with van der Waals surface area (Å²) in [7, 11) is 0. The van der Waals surface area contributed by atoms with Crippen LogP contribution in [-0.4, -0.2) is 30.0 Å². The van der Waals surface area contributed by atoms with Gasteiger partial charge in [0.1, 0.15) is 17.1 Å². The van der Waals surface area contributed by atoms with Crippen LogP contribution in [0.1, 0.15) is 46.5 Å². The Hall–Kier alpha value is -1.91. The van der Waals surface area contributed by atoms with E-state index in [4.69, 9.17) is 14.6 Å². The molecule has 0 saturated heterocycles. The normalized spacial score (nSPS) is 11.0. The van der Waals surface area contributed by atoms with Gasteiger partial charge in [-0.1, -0.05) is 12.8 Å². The number of hydrogen-bond acceptors (Lipinski definition) is 4. The van der Waals surface area contributed by atoms with Crippen LogP contribution >= 0.6 is 0 Å². The molecule has 1 aromatic carbocycles. The van der Waals surface area contributed by atoms with E-state index in [2.05, 4.69) is 5.32 Å². The fraction of sp³-hybridized carbons (Fsp3) is 0.588. The average molecular weight is 309 g/mol. The van der Waals surface area contributed by atoms with E-state index in [0.717, 1.165) is 31.4 Å². The zero-order valence-electron chi connectivity index (χ0n) is 13.7. The number of benzene rings is 1. The highest BCUT2D eigenvalue weighted by atomic mass is 16.6. The molecule has 0 bridgehead atoms. The van der Waals surface area contributed by atoms with Crippen LogP contribution in [0.25, 0.3) is 0 Å². The number of ether oxygens (including phenoxy) is 2. The molecule has 0 fully saturated rings. The maximum atomic E-state index is 11.4. The summed E-state index contributed by atoms with van der Waals surface area (Å²) in [6.07, 6.45) is 3.62. The summed E-state index contributed by atoms with van der Waals surface area (Å²) >= 11 is 0. The zero-order valence-corrected chi connectivity index (χ0v) is 13.7. The Labute approximate surface area is 132 Å². The van der Waals surface area contributed by atoms with Gasteiger partial charge in [-0.05, 0) is 57.9 Å². The summed E-state index contributed by atoms with van der Waals surface area (Å²) in [5.74, 6) is 1.01. The predicted octanol–water partition coefficient (Wildman–Crippen LogP) is 3.86. The summed E-state index contributed by atoms with van der Waals surface area (Å²) in [4.78, 5) is 11.4. The molecule has 1 amide bonds. The van der Waals surface area contributed by atoms with Crippen LogP contribution in [0.5, 0.6) is 11.5 Å². The Morgan fingerprint density at radius 2 is 1.73 bits per heavy atom. The van der Waals surface area contributed by atoms with Gasteiger partial charge in [0, 0.05) is 6.54 Å². The number of nitrogens with one attached hydrogen (secondary N) is 1. The highest BCUT2D eigenvalue weighted by molar-refractivity contribution is 5.67. The quantitative estimate of drug-likeness (QED) is 0.716. The second-order valence-corrected chi connectivity index (χ2v) is 6.19. The van der Waals surface area contributed by atoms with Crippen LogP contribution in [0.3, 0.4) is 0 Å². The molecule has 22 heavy (non-hydrogen) atoms. The van der Waals surface area contributed by atoms with Gasteiger partial charge in [0.2, 0.25) is 0 Å². The van der Waals surface area contributed by atoms with Gasteiger partial charge in [-0.15, -0.1) is 0 Å². The van der Waals surface area contributed by atoms with Crippen LogP contribution in [0.2, 0.25) is 0 Å². The van der Waals surface area contributed by atoms with E-state index in [9.17, 15) is 4.79 Å². The van der Waals surface area contributed by atoms with Gasteiger partial charge in [-0.2, -0.15) is 0 Å². The SMILES string of the molecule is CC(C)(C)OC(=O)NCCCCCCOc1ccc(O)cc1. The fourth-order valence-corrected chi connectivity index (χ4v) is 1.82. The van der Waals surface area contributed by atoms with Crippen LogP contribution in [0.4, 0.5) is 4.79 Å². The second-order valence-electron chi connectivity index (χ2n) is 6.19. The first kappa shape index (κ1) is 18.1. The Balaban J connectivity index is 1.95. The smallest absolute Gasteiger partial charge is 0.407 e. The molecule has 0 saturated carbocycles. The maximum absolute atomic E-state index is 11.4. The molecule has 0 spiro atoms. The molecule has 124 valence electrons. The second kappa shape index (κ2) is 9.18. The molecule has 0 heterocycles. The summed E-state index contributed by atoms with van der Waals surface area (Å²) in [6, 6.07) is 6.72. The first-order valence-electron chi connectivity index (χ1n) is 7.75. The van der Waals surface area contributed by atoms with Crippen molar-refractivity contribution in [3.63, 3.8) is 0 Å². The Morgan fingerprint density at radius 3 is 2.36 bits per heavy atom. The molecule has 1 rings (SSSR count). The van der Waals surface area contributed by atoms with Crippen molar-refractivity contribution in [2.75, 3.05) is 13.2 Å². The van der Waals surface area contributed by atoms with Crippen LogP contribution < -0.4 is 10.1 Å². The van der Waals surface area contributed by atoms with Crippen molar-refractivity contribution in [2.24, 2.45) is 0 Å². The van der Waals surface area contributed by atoms with E-state index in [1.807, 2.05) is 20.8 Å². The lowest BCUT2D eigenvalue weighted by Gasteiger charge is -2.19. The van der Waals surface area contributed by atoms with Crippen LogP contribution in [0, 0.1) is 0 Å². The molecule has 2 N–H and O–H groups in total. The van der Waals surface area contributed by atoms with Crippen LogP contribution in [0.15, 0.2) is 24.3 Å². The van der Waals surface area contributed by atoms with Crippen LogP contribution in [-0.2, 0) is 4.74 Å². The summed E-state index contributed by atoms with van der Waals surface area (Å²) < 4.78 is 10.7. The van der Waals surface area contributed by atoms with Crippen molar-refractivity contribution in [2.45, 2.75) is 52.1 Å². The van der Waals surface area contributed by atoms with Crippen molar-refractivity contribution >= 4 is 6.09 Å². The van der Waals surface area contributed by atoms with E-state index in [-0.39, 0.29) is 11.8 Å². The standard InChI is InChI=1S/C17H27NO4/c1-17(2,3)22-16(20)18-12-6-4-5-7-13-21-15-10-8-14(19)9-11-15/h8-11,19H,4-7,12-13H2,1-3H3,(H,18,20). The molecule has 0 unspecified atom stereocenters. The minimum Gasteiger partial charge on any atom is -0.508 e. The number of amides is 1. The minimum atomic E-state index is -0.449. The van der Waals surface area contributed by atoms with Gasteiger partial charge in [-0.3, -0.25) is 0 Å².